The zero-order chi connectivity index (χ0) is 10.3. The van der Waals surface area contributed by atoms with Gasteiger partial charge >= 0.3 is 0 Å². The molecular formula is C11H11N3S. The summed E-state index contributed by atoms with van der Waals surface area (Å²) in [7, 11) is 0. The molecule has 2 aromatic heterocycles. The SMILES string of the molecule is CC1(c2cncc(-n3cccn3)c2)CS1. The zero-order valence-electron chi connectivity index (χ0n) is 8.42. The lowest BCUT2D eigenvalue weighted by Gasteiger charge is -2.08. The Morgan fingerprint density at radius 1 is 1.47 bits per heavy atom. The minimum atomic E-state index is 0.288. The first kappa shape index (κ1) is 8.97. The first-order chi connectivity index (χ1) is 7.28. The highest BCUT2D eigenvalue weighted by molar-refractivity contribution is 8.07. The highest BCUT2D eigenvalue weighted by atomic mass is 32.2. The molecule has 0 spiro atoms. The summed E-state index contributed by atoms with van der Waals surface area (Å²) in [4.78, 5) is 4.27. The van der Waals surface area contributed by atoms with Crippen LogP contribution in [0.5, 0.6) is 0 Å². The number of thioether (sulfide) groups is 1. The summed E-state index contributed by atoms with van der Waals surface area (Å²) in [6.45, 7) is 2.25. The molecule has 0 aromatic carbocycles. The molecule has 1 unspecified atom stereocenters. The van der Waals surface area contributed by atoms with Crippen LogP contribution in [-0.2, 0) is 4.75 Å². The van der Waals surface area contributed by atoms with Gasteiger partial charge in [0.25, 0.3) is 0 Å². The van der Waals surface area contributed by atoms with Crippen LogP contribution in [-0.4, -0.2) is 20.5 Å². The Bertz CT molecular complexity index is 474. The van der Waals surface area contributed by atoms with Crippen molar-refractivity contribution in [3.05, 3.63) is 42.5 Å². The van der Waals surface area contributed by atoms with E-state index in [1.54, 1.807) is 6.20 Å². The summed E-state index contributed by atoms with van der Waals surface area (Å²) in [5.41, 5.74) is 2.33. The van der Waals surface area contributed by atoms with Gasteiger partial charge in [0.1, 0.15) is 0 Å². The Morgan fingerprint density at radius 3 is 3.00 bits per heavy atom. The first-order valence-electron chi connectivity index (χ1n) is 4.87. The molecule has 3 rings (SSSR count). The average molecular weight is 217 g/mol. The van der Waals surface area contributed by atoms with Gasteiger partial charge in [0, 0.05) is 29.1 Å². The topological polar surface area (TPSA) is 30.7 Å². The fourth-order valence-electron chi connectivity index (χ4n) is 1.54. The molecule has 76 valence electrons. The van der Waals surface area contributed by atoms with Crippen LogP contribution in [0, 0.1) is 0 Å². The Balaban J connectivity index is 2.04. The number of hydrogen-bond donors (Lipinski definition) is 0. The van der Waals surface area contributed by atoms with E-state index in [-0.39, 0.29) is 4.75 Å². The third-order valence-electron chi connectivity index (χ3n) is 2.68. The Morgan fingerprint density at radius 2 is 2.33 bits per heavy atom. The number of aromatic nitrogens is 3. The van der Waals surface area contributed by atoms with Crippen LogP contribution < -0.4 is 0 Å². The summed E-state index contributed by atoms with van der Waals surface area (Å²) in [6.07, 6.45) is 7.50. The molecule has 1 saturated heterocycles. The summed E-state index contributed by atoms with van der Waals surface area (Å²) in [5, 5.41) is 4.20. The standard InChI is InChI=1S/C11H11N3S/c1-11(8-15-11)9-5-10(7-12-6-9)14-4-2-3-13-14/h2-7H,8H2,1H3. The van der Waals surface area contributed by atoms with Crippen LogP contribution in [0.4, 0.5) is 0 Å². The van der Waals surface area contributed by atoms with Crippen molar-refractivity contribution in [2.45, 2.75) is 11.7 Å². The van der Waals surface area contributed by atoms with E-state index in [1.807, 2.05) is 41.1 Å². The molecule has 1 aliphatic heterocycles. The van der Waals surface area contributed by atoms with Gasteiger partial charge in [-0.15, -0.1) is 11.8 Å². The molecule has 0 bridgehead atoms. The molecule has 1 atom stereocenters. The Kier molecular flexibility index (Phi) is 1.85. The molecule has 2 aromatic rings. The number of rotatable bonds is 2. The molecule has 3 heterocycles. The van der Waals surface area contributed by atoms with Crippen molar-refractivity contribution >= 4 is 11.8 Å². The van der Waals surface area contributed by atoms with Crippen LogP contribution in [0.1, 0.15) is 12.5 Å². The van der Waals surface area contributed by atoms with Gasteiger partial charge < -0.3 is 0 Å². The molecule has 0 amide bonds. The van der Waals surface area contributed by atoms with Crippen molar-refractivity contribution in [1.29, 1.82) is 0 Å². The van der Waals surface area contributed by atoms with E-state index >= 15 is 0 Å². The van der Waals surface area contributed by atoms with Crippen LogP contribution in [0.2, 0.25) is 0 Å². The summed E-state index contributed by atoms with van der Waals surface area (Å²) in [5.74, 6) is 1.19. The van der Waals surface area contributed by atoms with Crippen molar-refractivity contribution in [3.63, 3.8) is 0 Å². The minimum Gasteiger partial charge on any atom is -0.262 e. The fraction of sp³-hybridized carbons (Fsp3) is 0.273. The lowest BCUT2D eigenvalue weighted by Crippen LogP contribution is -2.03. The Labute approximate surface area is 92.5 Å². The van der Waals surface area contributed by atoms with Gasteiger partial charge in [-0.05, 0) is 24.6 Å². The normalized spacial score (nSPS) is 24.1. The molecule has 4 heteroatoms. The van der Waals surface area contributed by atoms with Crippen LogP contribution in [0.15, 0.2) is 36.9 Å². The van der Waals surface area contributed by atoms with E-state index < -0.39 is 0 Å². The van der Waals surface area contributed by atoms with Gasteiger partial charge in [-0.25, -0.2) is 4.68 Å². The second kappa shape index (κ2) is 3.10. The smallest absolute Gasteiger partial charge is 0.0831 e. The summed E-state index contributed by atoms with van der Waals surface area (Å²) >= 11 is 1.96. The van der Waals surface area contributed by atoms with E-state index in [0.717, 1.165) is 5.69 Å². The van der Waals surface area contributed by atoms with Crippen molar-refractivity contribution < 1.29 is 0 Å². The number of pyridine rings is 1. The largest absolute Gasteiger partial charge is 0.262 e. The third kappa shape index (κ3) is 1.55. The second-order valence-corrected chi connectivity index (χ2v) is 5.38. The monoisotopic (exact) mass is 217 g/mol. The van der Waals surface area contributed by atoms with Gasteiger partial charge in [0.05, 0.1) is 11.9 Å². The average Bonchev–Trinajstić information content (AvgIpc) is 2.84. The predicted molar refractivity (Wildman–Crippen MR) is 61.2 cm³/mol. The molecule has 1 aliphatic rings. The van der Waals surface area contributed by atoms with Crippen LogP contribution in [0.3, 0.4) is 0 Å². The number of hydrogen-bond acceptors (Lipinski definition) is 3. The van der Waals surface area contributed by atoms with Crippen LogP contribution in [0.25, 0.3) is 5.69 Å². The molecule has 15 heavy (non-hydrogen) atoms. The van der Waals surface area contributed by atoms with Crippen molar-refractivity contribution in [1.82, 2.24) is 14.8 Å². The summed E-state index contributed by atoms with van der Waals surface area (Å²) in [6, 6.07) is 4.08. The van der Waals surface area contributed by atoms with E-state index in [9.17, 15) is 0 Å². The van der Waals surface area contributed by atoms with Gasteiger partial charge in [0.15, 0.2) is 0 Å². The first-order valence-corrected chi connectivity index (χ1v) is 5.86. The zero-order valence-corrected chi connectivity index (χ0v) is 9.24. The molecule has 0 saturated carbocycles. The maximum Gasteiger partial charge on any atom is 0.0831 e. The van der Waals surface area contributed by atoms with E-state index in [4.69, 9.17) is 0 Å². The van der Waals surface area contributed by atoms with E-state index in [2.05, 4.69) is 23.1 Å². The van der Waals surface area contributed by atoms with Gasteiger partial charge in [0.2, 0.25) is 0 Å². The molecule has 0 aliphatic carbocycles. The minimum absolute atomic E-state index is 0.288. The van der Waals surface area contributed by atoms with E-state index in [1.165, 1.54) is 11.3 Å². The predicted octanol–water partition coefficient (Wildman–Crippen LogP) is 2.23. The van der Waals surface area contributed by atoms with Gasteiger partial charge in [-0.2, -0.15) is 5.10 Å². The summed E-state index contributed by atoms with van der Waals surface area (Å²) < 4.78 is 2.13. The van der Waals surface area contributed by atoms with Crippen molar-refractivity contribution in [3.8, 4) is 5.69 Å². The highest BCUT2D eigenvalue weighted by Gasteiger charge is 2.40. The Hall–Kier alpha value is -1.29. The fourth-order valence-corrected chi connectivity index (χ4v) is 2.20. The quantitative estimate of drug-likeness (QED) is 0.723. The molecular weight excluding hydrogens is 206 g/mol. The lowest BCUT2D eigenvalue weighted by molar-refractivity contribution is 0.841. The molecule has 1 fully saturated rings. The highest BCUT2D eigenvalue weighted by Crippen LogP contribution is 2.52. The van der Waals surface area contributed by atoms with Crippen molar-refractivity contribution in [2.24, 2.45) is 0 Å². The van der Waals surface area contributed by atoms with Gasteiger partial charge in [-0.3, -0.25) is 4.98 Å². The maximum absolute atomic E-state index is 4.27. The maximum atomic E-state index is 4.27. The second-order valence-electron chi connectivity index (χ2n) is 3.90. The van der Waals surface area contributed by atoms with E-state index in [0.29, 0.717) is 0 Å². The number of nitrogens with zero attached hydrogens (tertiary/aromatic N) is 3. The van der Waals surface area contributed by atoms with Crippen LogP contribution >= 0.6 is 11.8 Å². The lowest BCUT2D eigenvalue weighted by atomic mass is 10.1. The molecule has 3 nitrogen and oxygen atoms in total. The van der Waals surface area contributed by atoms with Gasteiger partial charge in [-0.1, -0.05) is 0 Å². The molecule has 0 N–H and O–H groups in total. The molecule has 0 radical (unpaired) electrons. The van der Waals surface area contributed by atoms with Crippen molar-refractivity contribution in [2.75, 3.05) is 5.75 Å². The third-order valence-corrected chi connectivity index (χ3v) is 4.07.